The quantitative estimate of drug-likeness (QED) is 0.741. The summed E-state index contributed by atoms with van der Waals surface area (Å²) in [6.45, 7) is 5.64. The van der Waals surface area contributed by atoms with Gasteiger partial charge in [0.2, 0.25) is 0 Å². The number of ether oxygens (including phenoxy) is 2. The number of rotatable bonds is 7. The van der Waals surface area contributed by atoms with E-state index >= 15 is 0 Å². The molecule has 0 fully saturated rings. The van der Waals surface area contributed by atoms with Crippen LogP contribution in [0, 0.1) is 13.8 Å². The summed E-state index contributed by atoms with van der Waals surface area (Å²) in [6, 6.07) is 5.19. The lowest BCUT2D eigenvalue weighted by Crippen LogP contribution is -2.41. The number of hydrogen-bond acceptors (Lipinski definition) is 5. The molecule has 1 rings (SSSR count). The molecule has 0 radical (unpaired) electrons. The van der Waals surface area contributed by atoms with Gasteiger partial charge in [-0.25, -0.2) is 4.79 Å². The van der Waals surface area contributed by atoms with Crippen LogP contribution in [0.2, 0.25) is 0 Å². The van der Waals surface area contributed by atoms with Crippen LogP contribution in [0.4, 0.5) is 4.79 Å². The molecule has 0 aromatic heterocycles. The Morgan fingerprint density at radius 2 is 1.91 bits per heavy atom. The molecule has 0 saturated carbocycles. The number of esters is 1. The van der Waals surface area contributed by atoms with E-state index in [1.165, 1.54) is 0 Å². The molecule has 1 aromatic rings. The van der Waals surface area contributed by atoms with Crippen LogP contribution in [-0.2, 0) is 14.3 Å². The number of urea groups is 1. The van der Waals surface area contributed by atoms with Crippen LogP contribution < -0.4 is 15.4 Å². The first kappa shape index (κ1) is 18.5. The minimum atomic E-state index is -0.681. The van der Waals surface area contributed by atoms with Gasteiger partial charge in [0, 0.05) is 6.54 Å². The van der Waals surface area contributed by atoms with Crippen LogP contribution in [0.1, 0.15) is 24.5 Å². The Bertz CT molecular complexity index is 572. The summed E-state index contributed by atoms with van der Waals surface area (Å²) in [7, 11) is 0. The molecule has 0 bridgehead atoms. The van der Waals surface area contributed by atoms with Crippen molar-refractivity contribution in [2.24, 2.45) is 0 Å². The minimum Gasteiger partial charge on any atom is -0.493 e. The molecule has 2 N–H and O–H groups in total. The Labute approximate surface area is 135 Å². The second-order valence-electron chi connectivity index (χ2n) is 4.94. The van der Waals surface area contributed by atoms with Gasteiger partial charge in [-0.2, -0.15) is 0 Å². The Kier molecular flexibility index (Phi) is 7.59. The Hall–Kier alpha value is -2.57. The van der Waals surface area contributed by atoms with Gasteiger partial charge in [0.1, 0.15) is 5.75 Å². The van der Waals surface area contributed by atoms with Crippen molar-refractivity contribution in [1.82, 2.24) is 10.6 Å². The molecule has 3 amide bonds. The number of imide groups is 1. The molecule has 0 unspecified atom stereocenters. The highest BCUT2D eigenvalue weighted by atomic mass is 16.5. The fourth-order valence-electron chi connectivity index (χ4n) is 1.69. The van der Waals surface area contributed by atoms with E-state index in [2.05, 4.69) is 5.32 Å². The fraction of sp³-hybridized carbons (Fsp3) is 0.438. The number of carbonyl (C=O) groups is 3. The molecule has 0 aliphatic rings. The largest absolute Gasteiger partial charge is 0.493 e. The van der Waals surface area contributed by atoms with Crippen LogP contribution in [0.5, 0.6) is 5.75 Å². The highest BCUT2D eigenvalue weighted by Crippen LogP contribution is 2.19. The molecule has 0 aliphatic heterocycles. The molecular weight excluding hydrogens is 300 g/mol. The van der Waals surface area contributed by atoms with Crippen molar-refractivity contribution in [3.05, 3.63) is 29.3 Å². The molecule has 7 heteroatoms. The van der Waals surface area contributed by atoms with Crippen LogP contribution in [0.15, 0.2) is 18.2 Å². The van der Waals surface area contributed by atoms with Crippen molar-refractivity contribution in [3.63, 3.8) is 0 Å². The molecular formula is C16H22N2O5. The summed E-state index contributed by atoms with van der Waals surface area (Å²) in [5.41, 5.74) is 2.04. The molecule has 0 aliphatic carbocycles. The average molecular weight is 322 g/mol. The summed E-state index contributed by atoms with van der Waals surface area (Å²) in [4.78, 5) is 33.9. The highest BCUT2D eigenvalue weighted by molar-refractivity contribution is 5.95. The van der Waals surface area contributed by atoms with Crippen molar-refractivity contribution < 1.29 is 23.9 Å². The van der Waals surface area contributed by atoms with Crippen LogP contribution in [0.3, 0.4) is 0 Å². The standard InChI is InChI=1S/C16H22N2O5/c1-4-17-16(21)18-14(19)10-23-15(20)7-8-22-13-9-11(2)5-6-12(13)3/h5-6,9H,4,7-8,10H2,1-3H3,(H2,17,18,19,21). The SMILES string of the molecule is CCNC(=O)NC(=O)COC(=O)CCOc1cc(C)ccc1C. The number of hydrogen-bond donors (Lipinski definition) is 2. The Balaban J connectivity index is 2.25. The maximum Gasteiger partial charge on any atom is 0.321 e. The summed E-state index contributed by atoms with van der Waals surface area (Å²) < 4.78 is 10.3. The summed E-state index contributed by atoms with van der Waals surface area (Å²) in [6.07, 6.45) is 0.0157. The van der Waals surface area contributed by atoms with E-state index in [-0.39, 0.29) is 13.0 Å². The zero-order valence-corrected chi connectivity index (χ0v) is 13.6. The van der Waals surface area contributed by atoms with Gasteiger partial charge in [-0.15, -0.1) is 0 Å². The van der Waals surface area contributed by atoms with Crippen LogP contribution in [0.25, 0.3) is 0 Å². The Morgan fingerprint density at radius 3 is 2.61 bits per heavy atom. The zero-order valence-electron chi connectivity index (χ0n) is 13.6. The first-order valence-electron chi connectivity index (χ1n) is 7.35. The topological polar surface area (TPSA) is 93.7 Å². The summed E-state index contributed by atoms with van der Waals surface area (Å²) >= 11 is 0. The third kappa shape index (κ3) is 7.30. The van der Waals surface area contributed by atoms with Crippen LogP contribution in [-0.4, -0.2) is 37.7 Å². The minimum absolute atomic E-state index is 0.0157. The van der Waals surface area contributed by atoms with Gasteiger partial charge in [0.05, 0.1) is 13.0 Å². The lowest BCUT2D eigenvalue weighted by atomic mass is 10.1. The van der Waals surface area contributed by atoms with Crippen molar-refractivity contribution in [2.75, 3.05) is 19.8 Å². The van der Waals surface area contributed by atoms with E-state index in [4.69, 9.17) is 9.47 Å². The lowest BCUT2D eigenvalue weighted by Gasteiger charge is -2.10. The number of nitrogens with one attached hydrogen (secondary N) is 2. The van der Waals surface area contributed by atoms with E-state index in [1.807, 2.05) is 37.4 Å². The summed E-state index contributed by atoms with van der Waals surface area (Å²) in [5, 5.41) is 4.43. The fourth-order valence-corrected chi connectivity index (χ4v) is 1.69. The van der Waals surface area contributed by atoms with E-state index in [9.17, 15) is 14.4 Å². The zero-order chi connectivity index (χ0) is 17.2. The normalized spacial score (nSPS) is 9.87. The van der Waals surface area contributed by atoms with Gasteiger partial charge in [-0.1, -0.05) is 12.1 Å². The number of benzene rings is 1. The van der Waals surface area contributed by atoms with Crippen LogP contribution >= 0.6 is 0 Å². The van der Waals surface area contributed by atoms with Crippen molar-refractivity contribution in [2.45, 2.75) is 27.2 Å². The molecule has 0 heterocycles. The molecule has 23 heavy (non-hydrogen) atoms. The van der Waals surface area contributed by atoms with Gasteiger partial charge in [-0.05, 0) is 38.0 Å². The van der Waals surface area contributed by atoms with Gasteiger partial charge in [0.25, 0.3) is 5.91 Å². The van der Waals surface area contributed by atoms with E-state index in [0.29, 0.717) is 12.3 Å². The number of carbonyl (C=O) groups excluding carboxylic acids is 3. The van der Waals surface area contributed by atoms with E-state index < -0.39 is 24.5 Å². The van der Waals surface area contributed by atoms with E-state index in [0.717, 1.165) is 11.1 Å². The third-order valence-corrected chi connectivity index (χ3v) is 2.86. The lowest BCUT2D eigenvalue weighted by molar-refractivity contribution is -0.148. The maximum atomic E-state index is 11.5. The second kappa shape index (κ2) is 9.45. The smallest absolute Gasteiger partial charge is 0.321 e. The first-order chi connectivity index (χ1) is 10.9. The second-order valence-corrected chi connectivity index (χ2v) is 4.94. The monoisotopic (exact) mass is 322 g/mol. The van der Waals surface area contributed by atoms with Gasteiger partial charge >= 0.3 is 12.0 Å². The molecule has 126 valence electrons. The predicted octanol–water partition coefficient (Wildman–Crippen LogP) is 1.46. The maximum absolute atomic E-state index is 11.5. The highest BCUT2D eigenvalue weighted by Gasteiger charge is 2.10. The third-order valence-electron chi connectivity index (χ3n) is 2.86. The van der Waals surface area contributed by atoms with Gasteiger partial charge in [0.15, 0.2) is 6.61 Å². The van der Waals surface area contributed by atoms with Gasteiger partial charge in [-0.3, -0.25) is 14.9 Å². The number of amides is 3. The molecule has 0 atom stereocenters. The average Bonchev–Trinajstić information content (AvgIpc) is 2.49. The molecule has 7 nitrogen and oxygen atoms in total. The molecule has 1 aromatic carbocycles. The summed E-state index contributed by atoms with van der Waals surface area (Å²) in [5.74, 6) is -0.534. The first-order valence-corrected chi connectivity index (χ1v) is 7.35. The van der Waals surface area contributed by atoms with Crippen molar-refractivity contribution in [3.8, 4) is 5.75 Å². The van der Waals surface area contributed by atoms with Gasteiger partial charge < -0.3 is 14.8 Å². The predicted molar refractivity (Wildman–Crippen MR) is 84.2 cm³/mol. The van der Waals surface area contributed by atoms with Crippen molar-refractivity contribution in [1.29, 1.82) is 0 Å². The van der Waals surface area contributed by atoms with E-state index in [1.54, 1.807) is 6.92 Å². The molecule has 0 spiro atoms. The number of aryl methyl sites for hydroxylation is 2. The Morgan fingerprint density at radius 1 is 1.17 bits per heavy atom. The van der Waals surface area contributed by atoms with Crippen molar-refractivity contribution >= 4 is 17.9 Å². The molecule has 0 saturated heterocycles.